The van der Waals surface area contributed by atoms with E-state index in [0.29, 0.717) is 18.5 Å². The molecule has 1 aromatic carbocycles. The van der Waals surface area contributed by atoms with Gasteiger partial charge in [0.15, 0.2) is 0 Å². The molecule has 2 atom stereocenters. The summed E-state index contributed by atoms with van der Waals surface area (Å²) in [7, 11) is -3.31. The predicted octanol–water partition coefficient (Wildman–Crippen LogP) is 2.63. The van der Waals surface area contributed by atoms with Crippen molar-refractivity contribution >= 4 is 15.7 Å². The molecular weight excluding hydrogens is 355 g/mol. The SMILES string of the molecule is CS(=O)(=O)NC1C[C@@H]2CC[C@@H](C1)N2c1ccc(C#N)c(C(F)(F)F)c1. The number of nitrogens with zero attached hydrogens (tertiary/aromatic N) is 2. The molecule has 0 unspecified atom stereocenters. The van der Waals surface area contributed by atoms with E-state index in [1.54, 1.807) is 12.1 Å². The Hall–Kier alpha value is -1.79. The van der Waals surface area contributed by atoms with E-state index in [1.165, 1.54) is 6.07 Å². The fourth-order valence-corrected chi connectivity index (χ4v) is 4.82. The van der Waals surface area contributed by atoms with Crippen LogP contribution in [0, 0.1) is 11.3 Å². The molecule has 2 aliphatic rings. The number of piperidine rings is 1. The molecule has 136 valence electrons. The first-order valence-electron chi connectivity index (χ1n) is 7.95. The number of rotatable bonds is 3. The number of nitrogens with one attached hydrogen (secondary N) is 1. The minimum Gasteiger partial charge on any atom is -0.365 e. The molecule has 0 radical (unpaired) electrons. The van der Waals surface area contributed by atoms with Gasteiger partial charge in [-0.1, -0.05) is 0 Å². The van der Waals surface area contributed by atoms with Crippen LogP contribution in [0.15, 0.2) is 18.2 Å². The molecule has 2 heterocycles. The fraction of sp³-hybridized carbons (Fsp3) is 0.562. The summed E-state index contributed by atoms with van der Waals surface area (Å²) in [6.45, 7) is 0. The minimum atomic E-state index is -4.59. The van der Waals surface area contributed by atoms with Crippen LogP contribution in [0.4, 0.5) is 18.9 Å². The Kier molecular flexibility index (Phi) is 4.45. The molecule has 1 N–H and O–H groups in total. The van der Waals surface area contributed by atoms with Crippen LogP contribution in [0.2, 0.25) is 0 Å². The van der Waals surface area contributed by atoms with Gasteiger partial charge in [0.1, 0.15) is 0 Å². The minimum absolute atomic E-state index is 0.00739. The van der Waals surface area contributed by atoms with E-state index in [9.17, 15) is 21.6 Å². The lowest BCUT2D eigenvalue weighted by Crippen LogP contribution is -2.50. The molecule has 0 aromatic heterocycles. The molecule has 0 aliphatic carbocycles. The summed E-state index contributed by atoms with van der Waals surface area (Å²) in [5, 5.41) is 8.91. The van der Waals surface area contributed by atoms with Crippen LogP contribution in [0.1, 0.15) is 36.8 Å². The van der Waals surface area contributed by atoms with E-state index in [0.717, 1.165) is 25.2 Å². The Morgan fingerprint density at radius 3 is 2.32 bits per heavy atom. The van der Waals surface area contributed by atoms with E-state index in [2.05, 4.69) is 4.72 Å². The lowest BCUT2D eigenvalue weighted by Gasteiger charge is -2.40. The number of alkyl halides is 3. The highest BCUT2D eigenvalue weighted by atomic mass is 32.2. The van der Waals surface area contributed by atoms with Gasteiger partial charge in [-0.3, -0.25) is 0 Å². The van der Waals surface area contributed by atoms with Gasteiger partial charge in [-0.25, -0.2) is 13.1 Å². The number of sulfonamides is 1. The van der Waals surface area contributed by atoms with Gasteiger partial charge in [-0.05, 0) is 43.9 Å². The van der Waals surface area contributed by atoms with Crippen LogP contribution in [0.5, 0.6) is 0 Å². The summed E-state index contributed by atoms with van der Waals surface area (Å²) in [5.41, 5.74) is -0.878. The first-order chi connectivity index (χ1) is 11.6. The maximum absolute atomic E-state index is 13.2. The molecule has 2 saturated heterocycles. The van der Waals surface area contributed by atoms with Crippen LogP contribution in [0.3, 0.4) is 0 Å². The Morgan fingerprint density at radius 1 is 1.24 bits per heavy atom. The summed E-state index contributed by atoms with van der Waals surface area (Å²) >= 11 is 0. The van der Waals surface area contributed by atoms with Gasteiger partial charge in [0.2, 0.25) is 10.0 Å². The lowest BCUT2D eigenvalue weighted by molar-refractivity contribution is -0.137. The third kappa shape index (κ3) is 3.75. The van der Waals surface area contributed by atoms with E-state index in [1.807, 2.05) is 4.90 Å². The third-order valence-electron chi connectivity index (χ3n) is 4.84. The Labute approximate surface area is 144 Å². The van der Waals surface area contributed by atoms with Crippen molar-refractivity contribution in [2.45, 2.75) is 50.0 Å². The Bertz CT molecular complexity index is 803. The number of nitriles is 1. The highest BCUT2D eigenvalue weighted by Gasteiger charge is 2.42. The largest absolute Gasteiger partial charge is 0.417 e. The van der Waals surface area contributed by atoms with E-state index >= 15 is 0 Å². The van der Waals surface area contributed by atoms with Gasteiger partial charge in [0.05, 0.1) is 23.5 Å². The number of anilines is 1. The van der Waals surface area contributed by atoms with E-state index in [-0.39, 0.29) is 18.1 Å². The molecule has 2 fully saturated rings. The molecule has 25 heavy (non-hydrogen) atoms. The average molecular weight is 373 g/mol. The molecule has 0 amide bonds. The van der Waals surface area contributed by atoms with E-state index in [4.69, 9.17) is 5.26 Å². The van der Waals surface area contributed by atoms with Gasteiger partial charge in [0.25, 0.3) is 0 Å². The van der Waals surface area contributed by atoms with Crippen molar-refractivity contribution in [2.24, 2.45) is 0 Å². The van der Waals surface area contributed by atoms with Gasteiger partial charge in [-0.15, -0.1) is 0 Å². The normalized spacial score (nSPS) is 26.5. The number of hydrogen-bond donors (Lipinski definition) is 1. The molecule has 9 heteroatoms. The third-order valence-corrected chi connectivity index (χ3v) is 5.60. The van der Waals surface area contributed by atoms with Crippen molar-refractivity contribution in [1.82, 2.24) is 4.72 Å². The van der Waals surface area contributed by atoms with Gasteiger partial charge >= 0.3 is 6.18 Å². The molecule has 0 spiro atoms. The molecule has 3 rings (SSSR count). The zero-order chi connectivity index (χ0) is 18.4. The second-order valence-corrected chi connectivity index (χ2v) is 8.47. The van der Waals surface area contributed by atoms with Crippen LogP contribution in [0.25, 0.3) is 0 Å². The zero-order valence-electron chi connectivity index (χ0n) is 13.5. The van der Waals surface area contributed by atoms with Crippen LogP contribution < -0.4 is 9.62 Å². The van der Waals surface area contributed by atoms with Crippen LogP contribution in [-0.4, -0.2) is 32.8 Å². The Morgan fingerprint density at radius 2 is 1.84 bits per heavy atom. The summed E-state index contributed by atoms with van der Waals surface area (Å²) in [4.78, 5) is 1.96. The van der Waals surface area contributed by atoms with Crippen molar-refractivity contribution in [1.29, 1.82) is 5.26 Å². The van der Waals surface area contributed by atoms with Crippen LogP contribution in [-0.2, 0) is 16.2 Å². The standard InChI is InChI=1S/C16H18F3N3O2S/c1-25(23,24)21-11-6-12-4-5-13(7-11)22(12)14-3-2-10(9-20)15(8-14)16(17,18)19/h2-3,8,11-13,21H,4-7H2,1H3/t12-,13-/m0/s1. The average Bonchev–Trinajstić information content (AvgIpc) is 2.75. The van der Waals surface area contributed by atoms with Crippen LogP contribution >= 0.6 is 0 Å². The quantitative estimate of drug-likeness (QED) is 0.884. The van der Waals surface area contributed by atoms with Crippen molar-refractivity contribution in [3.8, 4) is 6.07 Å². The monoisotopic (exact) mass is 373 g/mol. The predicted molar refractivity (Wildman–Crippen MR) is 86.4 cm³/mol. The summed E-state index contributed by atoms with van der Waals surface area (Å²) in [6.07, 6.45) is -0.731. The molecule has 1 aromatic rings. The Balaban J connectivity index is 1.88. The van der Waals surface area contributed by atoms with Crippen molar-refractivity contribution in [2.75, 3.05) is 11.2 Å². The molecule has 2 bridgehead atoms. The summed E-state index contributed by atoms with van der Waals surface area (Å²) in [5.74, 6) is 0. The van der Waals surface area contributed by atoms with Gasteiger partial charge in [-0.2, -0.15) is 18.4 Å². The van der Waals surface area contributed by atoms with Gasteiger partial charge in [0, 0.05) is 23.8 Å². The maximum atomic E-state index is 13.2. The van der Waals surface area contributed by atoms with Crippen molar-refractivity contribution in [3.05, 3.63) is 29.3 Å². The van der Waals surface area contributed by atoms with Crippen molar-refractivity contribution < 1.29 is 21.6 Å². The molecule has 0 saturated carbocycles. The highest BCUT2D eigenvalue weighted by molar-refractivity contribution is 7.88. The first kappa shape index (κ1) is 18.0. The van der Waals surface area contributed by atoms with E-state index < -0.39 is 27.3 Å². The fourth-order valence-electron chi connectivity index (χ4n) is 4.02. The second-order valence-electron chi connectivity index (χ2n) is 6.69. The van der Waals surface area contributed by atoms with Crippen molar-refractivity contribution in [3.63, 3.8) is 0 Å². The smallest absolute Gasteiger partial charge is 0.365 e. The number of fused-ring (bicyclic) bond motifs is 2. The summed E-state index contributed by atoms with van der Waals surface area (Å²) < 4.78 is 65.0. The lowest BCUT2D eigenvalue weighted by atomic mass is 9.96. The molecular formula is C16H18F3N3O2S. The highest BCUT2D eigenvalue weighted by Crippen LogP contribution is 2.42. The molecule has 2 aliphatic heterocycles. The topological polar surface area (TPSA) is 73.2 Å². The maximum Gasteiger partial charge on any atom is 0.417 e. The summed E-state index contributed by atoms with van der Waals surface area (Å²) in [6, 6.07) is 5.17. The number of benzene rings is 1. The number of hydrogen-bond acceptors (Lipinski definition) is 4. The zero-order valence-corrected chi connectivity index (χ0v) is 14.4. The first-order valence-corrected chi connectivity index (χ1v) is 9.84. The molecule has 5 nitrogen and oxygen atoms in total. The second kappa shape index (κ2) is 6.18. The van der Waals surface area contributed by atoms with Gasteiger partial charge < -0.3 is 4.90 Å². The number of halogens is 3.